The maximum Gasteiger partial charge on any atom is 0.407 e. The van der Waals surface area contributed by atoms with Crippen LogP contribution in [0.2, 0.25) is 0 Å². The van der Waals surface area contributed by atoms with Crippen LogP contribution in [0.4, 0.5) is 4.79 Å². The number of nitrogens with one attached hydrogen (secondary N) is 1. The van der Waals surface area contributed by atoms with Crippen LogP contribution in [0.5, 0.6) is 0 Å². The second-order valence-corrected chi connectivity index (χ2v) is 20.2. The number of hydrogen-bond donors (Lipinski definition) is 1. The number of rotatable bonds is 52. The van der Waals surface area contributed by atoms with Crippen molar-refractivity contribution in [3.63, 3.8) is 0 Å². The standard InChI is InChI=1S/C40H81N3O4.C18H36O2/c1-6-9-12-15-19-24-29-38(30-25-20-16-13-10-7-2)47-39(44)31-26-21-18-23-28-34-43(33-27-22-17-14-11-8-3)36-37-46-40(45)41-32-35-42(4)5;1-3-5-7-9-11-13-15-18(20-17-19)16-14-12-10-8-6-4-2/h38H,6-37H2,1-5H3,(H,41,45);17-18H,3-16H2,1-2H3. The van der Waals surface area contributed by atoms with Gasteiger partial charge in [-0.05, 0) is 97.8 Å². The Morgan fingerprint density at radius 1 is 0.448 bits per heavy atom. The molecule has 0 atom stereocenters. The lowest BCUT2D eigenvalue weighted by Gasteiger charge is -2.22. The SMILES string of the molecule is CCCCCCCCC(CCCCCCCC)OC(=O)CCCCCCCN(CCCCCCCC)CCOC(=O)NCCN(C)C.CCCCCCCCC(CCCCCCCC)OC=O. The molecule has 0 bridgehead atoms. The summed E-state index contributed by atoms with van der Waals surface area (Å²) in [4.78, 5) is 39.8. The van der Waals surface area contributed by atoms with Crippen LogP contribution in [0.25, 0.3) is 0 Å². The number of carbonyl (C=O) groups is 3. The lowest BCUT2D eigenvalue weighted by Crippen LogP contribution is -2.35. The van der Waals surface area contributed by atoms with E-state index in [9.17, 15) is 14.4 Å². The minimum Gasteiger partial charge on any atom is -0.465 e. The number of hydrogen-bond acceptors (Lipinski definition) is 8. The molecule has 0 rings (SSSR count). The minimum absolute atomic E-state index is 0.0165. The van der Waals surface area contributed by atoms with E-state index in [2.05, 4.69) is 44.8 Å². The lowest BCUT2D eigenvalue weighted by atomic mass is 10.0. The smallest absolute Gasteiger partial charge is 0.407 e. The summed E-state index contributed by atoms with van der Waals surface area (Å²) in [6.07, 6.45) is 49.0. The molecule has 9 heteroatoms. The highest BCUT2D eigenvalue weighted by atomic mass is 16.6. The van der Waals surface area contributed by atoms with Crippen molar-refractivity contribution in [2.75, 3.05) is 53.4 Å². The Labute approximate surface area is 417 Å². The van der Waals surface area contributed by atoms with Crippen LogP contribution < -0.4 is 5.32 Å². The number of ether oxygens (including phenoxy) is 3. The van der Waals surface area contributed by atoms with Crippen LogP contribution in [0.3, 0.4) is 0 Å². The maximum atomic E-state index is 12.7. The van der Waals surface area contributed by atoms with Crippen molar-refractivity contribution in [3.8, 4) is 0 Å². The van der Waals surface area contributed by atoms with Crippen molar-refractivity contribution in [2.24, 2.45) is 0 Å². The number of unbranched alkanes of at least 4 members (excludes halogenated alkanes) is 29. The highest BCUT2D eigenvalue weighted by molar-refractivity contribution is 5.69. The average Bonchev–Trinajstić information content (AvgIpc) is 3.31. The van der Waals surface area contributed by atoms with Gasteiger partial charge in [0.1, 0.15) is 18.8 Å². The Bertz CT molecular complexity index is 967. The molecule has 0 aliphatic carbocycles. The van der Waals surface area contributed by atoms with E-state index in [4.69, 9.17) is 14.2 Å². The summed E-state index contributed by atoms with van der Waals surface area (Å²) in [6.45, 7) is 16.7. The van der Waals surface area contributed by atoms with E-state index in [1.54, 1.807) is 0 Å². The second kappa shape index (κ2) is 56.7. The number of carbonyl (C=O) groups excluding carboxylic acids is 3. The van der Waals surface area contributed by atoms with Crippen LogP contribution in [0.15, 0.2) is 0 Å². The van der Waals surface area contributed by atoms with Crippen molar-refractivity contribution in [3.05, 3.63) is 0 Å². The van der Waals surface area contributed by atoms with Crippen molar-refractivity contribution in [2.45, 2.75) is 304 Å². The van der Waals surface area contributed by atoms with Gasteiger partial charge in [-0.3, -0.25) is 14.5 Å². The number of likely N-dealkylation sites (N-methyl/N-ethyl adjacent to an activating group) is 1. The molecule has 9 nitrogen and oxygen atoms in total. The summed E-state index contributed by atoms with van der Waals surface area (Å²) in [7, 11) is 3.99. The molecule has 0 heterocycles. The average molecular weight is 953 g/mol. The molecule has 400 valence electrons. The Kier molecular flexibility index (Phi) is 56.9. The molecule has 1 amide bonds. The quantitative estimate of drug-likeness (QED) is 0.0279. The van der Waals surface area contributed by atoms with E-state index < -0.39 is 0 Å². The molecular weight excluding hydrogens is 835 g/mol. The van der Waals surface area contributed by atoms with Crippen LogP contribution in [0.1, 0.15) is 291 Å². The largest absolute Gasteiger partial charge is 0.465 e. The molecule has 0 aliphatic rings. The molecule has 0 unspecified atom stereocenters. The van der Waals surface area contributed by atoms with E-state index in [-0.39, 0.29) is 24.3 Å². The van der Waals surface area contributed by atoms with Gasteiger partial charge in [0, 0.05) is 26.1 Å². The first-order chi connectivity index (χ1) is 32.8. The minimum atomic E-state index is -0.318. The zero-order chi connectivity index (χ0) is 49.5. The number of amides is 1. The fourth-order valence-electron chi connectivity index (χ4n) is 8.76. The first kappa shape index (κ1) is 67.2. The van der Waals surface area contributed by atoms with E-state index in [1.165, 1.54) is 199 Å². The van der Waals surface area contributed by atoms with Crippen molar-refractivity contribution in [1.82, 2.24) is 15.1 Å². The normalized spacial score (nSPS) is 11.4. The Morgan fingerprint density at radius 3 is 1.19 bits per heavy atom. The summed E-state index contributed by atoms with van der Waals surface area (Å²) in [5.74, 6) is 0.0165. The fraction of sp³-hybridized carbons (Fsp3) is 0.948. The van der Waals surface area contributed by atoms with Gasteiger partial charge in [0.15, 0.2) is 0 Å². The molecule has 1 N–H and O–H groups in total. The number of esters is 1. The molecule has 0 aromatic heterocycles. The summed E-state index contributed by atoms with van der Waals surface area (Å²) < 4.78 is 16.7. The highest BCUT2D eigenvalue weighted by Crippen LogP contribution is 2.19. The summed E-state index contributed by atoms with van der Waals surface area (Å²) in [5, 5.41) is 2.83. The highest BCUT2D eigenvalue weighted by Gasteiger charge is 2.15. The molecule has 0 aromatic carbocycles. The number of nitrogens with zero attached hydrogens (tertiary/aromatic N) is 2. The summed E-state index contributed by atoms with van der Waals surface area (Å²) >= 11 is 0. The predicted molar refractivity (Wildman–Crippen MR) is 288 cm³/mol. The van der Waals surface area contributed by atoms with Gasteiger partial charge in [-0.1, -0.05) is 214 Å². The Balaban J connectivity index is 0. The van der Waals surface area contributed by atoms with Gasteiger partial charge in [0.25, 0.3) is 6.47 Å². The van der Waals surface area contributed by atoms with Crippen LogP contribution in [-0.2, 0) is 23.8 Å². The third-order valence-corrected chi connectivity index (χ3v) is 13.2. The van der Waals surface area contributed by atoms with E-state index in [0.717, 1.165) is 77.5 Å². The zero-order valence-electron chi connectivity index (χ0n) is 46.1. The van der Waals surface area contributed by atoms with Gasteiger partial charge < -0.3 is 24.4 Å². The topological polar surface area (TPSA) is 97.4 Å². The van der Waals surface area contributed by atoms with Crippen LogP contribution in [-0.4, -0.2) is 94.0 Å². The summed E-state index contributed by atoms with van der Waals surface area (Å²) in [6, 6.07) is 0. The van der Waals surface area contributed by atoms with E-state index in [0.29, 0.717) is 26.0 Å². The maximum absolute atomic E-state index is 12.7. The van der Waals surface area contributed by atoms with Crippen LogP contribution in [0, 0.1) is 0 Å². The third kappa shape index (κ3) is 54.9. The van der Waals surface area contributed by atoms with Gasteiger partial charge in [-0.25, -0.2) is 4.79 Å². The Morgan fingerprint density at radius 2 is 0.806 bits per heavy atom. The van der Waals surface area contributed by atoms with E-state index in [1.807, 2.05) is 19.0 Å². The van der Waals surface area contributed by atoms with Gasteiger partial charge in [0.2, 0.25) is 0 Å². The zero-order valence-corrected chi connectivity index (χ0v) is 46.1. The molecule has 0 saturated heterocycles. The molecule has 0 fully saturated rings. The monoisotopic (exact) mass is 952 g/mol. The Hall–Kier alpha value is -1.87. The first-order valence-corrected chi connectivity index (χ1v) is 29.3. The first-order valence-electron chi connectivity index (χ1n) is 29.3. The second-order valence-electron chi connectivity index (χ2n) is 20.2. The molecular formula is C58H117N3O6. The lowest BCUT2D eigenvalue weighted by molar-refractivity contribution is -0.150. The summed E-state index contributed by atoms with van der Waals surface area (Å²) in [5.41, 5.74) is 0. The molecule has 0 saturated carbocycles. The fourth-order valence-corrected chi connectivity index (χ4v) is 8.76. The van der Waals surface area contributed by atoms with Gasteiger partial charge in [0.05, 0.1) is 0 Å². The van der Waals surface area contributed by atoms with Crippen molar-refractivity contribution < 1.29 is 28.6 Å². The predicted octanol–water partition coefficient (Wildman–Crippen LogP) is 16.7. The molecule has 0 aliphatic heterocycles. The van der Waals surface area contributed by atoms with E-state index >= 15 is 0 Å². The third-order valence-electron chi connectivity index (χ3n) is 13.2. The van der Waals surface area contributed by atoms with Gasteiger partial charge >= 0.3 is 12.1 Å². The number of alkyl carbamates (subject to hydrolysis) is 1. The van der Waals surface area contributed by atoms with Crippen molar-refractivity contribution in [1.29, 1.82) is 0 Å². The molecule has 0 radical (unpaired) electrons. The van der Waals surface area contributed by atoms with Gasteiger partial charge in [-0.15, -0.1) is 0 Å². The van der Waals surface area contributed by atoms with Crippen molar-refractivity contribution >= 4 is 18.5 Å². The van der Waals surface area contributed by atoms with Gasteiger partial charge in [-0.2, -0.15) is 0 Å². The van der Waals surface area contributed by atoms with Crippen LogP contribution >= 0.6 is 0 Å². The molecule has 67 heavy (non-hydrogen) atoms. The molecule has 0 spiro atoms. The molecule has 0 aromatic rings.